The molecule has 0 radical (unpaired) electrons. The summed E-state index contributed by atoms with van der Waals surface area (Å²) in [5.41, 5.74) is 5.63. The summed E-state index contributed by atoms with van der Waals surface area (Å²) in [5.74, 6) is -1.43. The Morgan fingerprint density at radius 1 is 1.00 bits per heavy atom. The van der Waals surface area contributed by atoms with Crippen LogP contribution < -0.4 is 0 Å². The topological polar surface area (TPSA) is 87.6 Å². The Balaban J connectivity index is 1.69. The first-order chi connectivity index (χ1) is 17.7. The summed E-state index contributed by atoms with van der Waals surface area (Å²) in [7, 11) is 0. The molecule has 37 heavy (non-hydrogen) atoms. The fraction of sp³-hybridized carbons (Fsp3) is 0.355. The van der Waals surface area contributed by atoms with Gasteiger partial charge in [0.1, 0.15) is 6.04 Å². The molecule has 0 saturated carbocycles. The molecule has 1 aromatic heterocycles. The Morgan fingerprint density at radius 3 is 2.38 bits per heavy atom. The molecule has 1 unspecified atom stereocenters. The van der Waals surface area contributed by atoms with Crippen molar-refractivity contribution in [3.05, 3.63) is 89.2 Å². The van der Waals surface area contributed by atoms with Gasteiger partial charge >= 0.3 is 5.97 Å². The van der Waals surface area contributed by atoms with E-state index < -0.39 is 17.9 Å². The van der Waals surface area contributed by atoms with Crippen molar-refractivity contribution < 1.29 is 19.5 Å². The predicted molar refractivity (Wildman–Crippen MR) is 143 cm³/mol. The molecule has 2 aromatic carbocycles. The lowest BCUT2D eigenvalue weighted by atomic mass is 9.85. The SMILES string of the molecule is Cc1cccc(C)c1-c1cncc([C@H](CC(=O)O)CC(=O)[C@@H](c2ccccc2)N2CC(C)CCC2=O)c1. The number of benzene rings is 2. The molecule has 1 amide bonds. The monoisotopic (exact) mass is 498 g/mol. The molecule has 4 rings (SSSR count). The number of carbonyl (C=O) groups is 3. The van der Waals surface area contributed by atoms with Gasteiger partial charge in [-0.05, 0) is 60.1 Å². The molecule has 192 valence electrons. The molecule has 6 heteroatoms. The van der Waals surface area contributed by atoms with E-state index in [2.05, 4.69) is 11.9 Å². The molecule has 1 N–H and O–H groups in total. The number of aromatic nitrogens is 1. The first-order valence-corrected chi connectivity index (χ1v) is 12.8. The lowest BCUT2D eigenvalue weighted by Crippen LogP contribution is -2.44. The van der Waals surface area contributed by atoms with Gasteiger partial charge in [-0.15, -0.1) is 0 Å². The summed E-state index contributed by atoms with van der Waals surface area (Å²) in [6.45, 7) is 6.67. The zero-order valence-electron chi connectivity index (χ0n) is 21.7. The third-order valence-electron chi connectivity index (χ3n) is 7.28. The molecular formula is C31H34N2O4. The number of rotatable bonds is 9. The zero-order chi connectivity index (χ0) is 26.5. The first-order valence-electron chi connectivity index (χ1n) is 12.8. The van der Waals surface area contributed by atoms with E-state index in [1.54, 1.807) is 17.3 Å². The van der Waals surface area contributed by atoms with Gasteiger partial charge in [0, 0.05) is 43.3 Å². The van der Waals surface area contributed by atoms with Crippen molar-refractivity contribution in [2.75, 3.05) is 6.54 Å². The van der Waals surface area contributed by atoms with Crippen LogP contribution in [0.4, 0.5) is 0 Å². The van der Waals surface area contributed by atoms with E-state index in [-0.39, 0.29) is 24.5 Å². The van der Waals surface area contributed by atoms with Crippen LogP contribution in [-0.2, 0) is 14.4 Å². The van der Waals surface area contributed by atoms with Gasteiger partial charge in [0.15, 0.2) is 5.78 Å². The van der Waals surface area contributed by atoms with E-state index in [0.717, 1.165) is 34.2 Å². The van der Waals surface area contributed by atoms with Crippen LogP contribution in [0.25, 0.3) is 11.1 Å². The minimum Gasteiger partial charge on any atom is -0.481 e. The molecule has 0 bridgehead atoms. The number of aryl methyl sites for hydroxylation is 2. The summed E-state index contributed by atoms with van der Waals surface area (Å²) >= 11 is 0. The summed E-state index contributed by atoms with van der Waals surface area (Å²) in [6, 6.07) is 16.6. The second-order valence-electron chi connectivity index (χ2n) is 10.2. The molecule has 3 atom stereocenters. The highest BCUT2D eigenvalue weighted by molar-refractivity contribution is 5.91. The number of amides is 1. The Morgan fingerprint density at radius 2 is 1.70 bits per heavy atom. The van der Waals surface area contributed by atoms with Gasteiger partial charge in [-0.2, -0.15) is 0 Å². The molecule has 0 aliphatic carbocycles. The van der Waals surface area contributed by atoms with Crippen molar-refractivity contribution in [2.45, 2.75) is 58.4 Å². The summed E-state index contributed by atoms with van der Waals surface area (Å²) in [4.78, 5) is 44.8. The number of ketones is 1. The van der Waals surface area contributed by atoms with E-state index in [4.69, 9.17) is 0 Å². The van der Waals surface area contributed by atoms with E-state index in [1.165, 1.54) is 0 Å². The Kier molecular flexibility index (Phi) is 8.17. The quantitative estimate of drug-likeness (QED) is 0.398. The molecule has 0 spiro atoms. The van der Waals surface area contributed by atoms with Crippen LogP contribution in [0.2, 0.25) is 0 Å². The number of pyridine rings is 1. The van der Waals surface area contributed by atoms with Gasteiger partial charge in [-0.25, -0.2) is 0 Å². The maximum absolute atomic E-state index is 13.9. The number of piperidine rings is 1. The number of likely N-dealkylation sites (tertiary alicyclic amines) is 1. The average molecular weight is 499 g/mol. The van der Waals surface area contributed by atoms with E-state index in [1.807, 2.05) is 68.4 Å². The molecule has 1 fully saturated rings. The average Bonchev–Trinajstić information content (AvgIpc) is 2.86. The Hall–Kier alpha value is -3.80. The number of Topliss-reactive ketones (excluding diaryl/α,β-unsaturated/α-hetero) is 1. The molecule has 1 aliphatic heterocycles. The number of nitrogens with zero attached hydrogens (tertiary/aromatic N) is 2. The highest BCUT2D eigenvalue weighted by Crippen LogP contribution is 2.35. The van der Waals surface area contributed by atoms with Gasteiger partial charge in [0.25, 0.3) is 0 Å². The Bertz CT molecular complexity index is 1270. The molecule has 2 heterocycles. The number of hydrogen-bond acceptors (Lipinski definition) is 4. The van der Waals surface area contributed by atoms with Crippen molar-refractivity contribution in [3.8, 4) is 11.1 Å². The molecule has 1 aliphatic rings. The first kappa shape index (κ1) is 26.3. The lowest BCUT2D eigenvalue weighted by Gasteiger charge is -2.37. The second kappa shape index (κ2) is 11.5. The van der Waals surface area contributed by atoms with Crippen LogP contribution in [0, 0.1) is 19.8 Å². The number of carboxylic acid groups (broad SMARTS) is 1. The zero-order valence-corrected chi connectivity index (χ0v) is 21.7. The third kappa shape index (κ3) is 6.13. The van der Waals surface area contributed by atoms with Crippen LogP contribution in [-0.4, -0.2) is 39.2 Å². The van der Waals surface area contributed by atoms with E-state index in [9.17, 15) is 19.5 Å². The molecule has 6 nitrogen and oxygen atoms in total. The summed E-state index contributed by atoms with van der Waals surface area (Å²) < 4.78 is 0. The maximum atomic E-state index is 13.9. The molecular weight excluding hydrogens is 464 g/mol. The fourth-order valence-corrected chi connectivity index (χ4v) is 5.43. The molecule has 1 saturated heterocycles. The van der Waals surface area contributed by atoms with Crippen LogP contribution in [0.5, 0.6) is 0 Å². The highest BCUT2D eigenvalue weighted by atomic mass is 16.4. The largest absolute Gasteiger partial charge is 0.481 e. The molecule has 3 aromatic rings. The number of aliphatic carboxylic acids is 1. The standard InChI is InChI=1S/C31H34N2O4/c1-20-12-13-28(35)33(19-20)31(23-10-5-4-6-11-23)27(34)15-24(16-29(36)37)25-14-26(18-32-17-25)30-21(2)8-7-9-22(30)3/h4-11,14,17-18,20,24,31H,12-13,15-16,19H2,1-3H3,(H,36,37)/t20?,24-,31+/m0/s1. The lowest BCUT2D eigenvalue weighted by molar-refractivity contribution is -0.144. The third-order valence-corrected chi connectivity index (χ3v) is 7.28. The van der Waals surface area contributed by atoms with E-state index in [0.29, 0.717) is 24.4 Å². The minimum absolute atomic E-state index is 0.00189. The van der Waals surface area contributed by atoms with Crippen molar-refractivity contribution in [1.82, 2.24) is 9.88 Å². The smallest absolute Gasteiger partial charge is 0.303 e. The maximum Gasteiger partial charge on any atom is 0.303 e. The second-order valence-corrected chi connectivity index (χ2v) is 10.2. The number of carboxylic acids is 1. The van der Waals surface area contributed by atoms with Crippen molar-refractivity contribution >= 4 is 17.7 Å². The highest BCUT2D eigenvalue weighted by Gasteiger charge is 2.36. The normalized spacial score (nSPS) is 17.3. The van der Waals surface area contributed by atoms with Crippen molar-refractivity contribution in [2.24, 2.45) is 5.92 Å². The van der Waals surface area contributed by atoms with Crippen molar-refractivity contribution in [3.63, 3.8) is 0 Å². The van der Waals surface area contributed by atoms with Crippen molar-refractivity contribution in [1.29, 1.82) is 0 Å². The number of carbonyl (C=O) groups excluding carboxylic acids is 2. The predicted octanol–water partition coefficient (Wildman–Crippen LogP) is 5.88. The van der Waals surface area contributed by atoms with Crippen LogP contribution in [0.3, 0.4) is 0 Å². The number of hydrogen-bond donors (Lipinski definition) is 1. The summed E-state index contributed by atoms with van der Waals surface area (Å²) in [5, 5.41) is 9.72. The van der Waals surface area contributed by atoms with E-state index >= 15 is 0 Å². The minimum atomic E-state index is -0.978. The van der Waals surface area contributed by atoms with Gasteiger partial charge in [-0.3, -0.25) is 19.4 Å². The fourth-order valence-electron chi connectivity index (χ4n) is 5.43. The van der Waals surface area contributed by atoms with Crippen LogP contribution in [0.15, 0.2) is 67.0 Å². The van der Waals surface area contributed by atoms with Gasteiger partial charge in [-0.1, -0.05) is 55.5 Å². The van der Waals surface area contributed by atoms with Gasteiger partial charge < -0.3 is 10.0 Å². The van der Waals surface area contributed by atoms with Gasteiger partial charge in [0.2, 0.25) is 5.91 Å². The van der Waals surface area contributed by atoms with Crippen LogP contribution >= 0.6 is 0 Å². The van der Waals surface area contributed by atoms with Crippen LogP contribution in [0.1, 0.15) is 66.8 Å². The van der Waals surface area contributed by atoms with Gasteiger partial charge in [0.05, 0.1) is 6.42 Å². The Labute approximate surface area is 218 Å². The summed E-state index contributed by atoms with van der Waals surface area (Å²) in [6.07, 6.45) is 4.46.